The normalized spacial score (nSPS) is 29.2. The van der Waals surface area contributed by atoms with Crippen LogP contribution < -0.4 is 5.73 Å². The second-order valence-electron chi connectivity index (χ2n) is 5.00. The summed E-state index contributed by atoms with van der Waals surface area (Å²) in [4.78, 5) is 2.49. The Morgan fingerprint density at radius 3 is 2.94 bits per heavy atom. The van der Waals surface area contributed by atoms with Crippen molar-refractivity contribution in [3.63, 3.8) is 0 Å². The Bertz CT molecular complexity index is 310. The fourth-order valence-electron chi connectivity index (χ4n) is 2.65. The van der Waals surface area contributed by atoms with Crippen LogP contribution in [0.15, 0.2) is 22.8 Å². The number of hydrogen-bond donors (Lipinski definition) is 1. The SMILES string of the molecule is CC1CCC(C)N(C(CN)c2ccco2)C1. The fourth-order valence-corrected chi connectivity index (χ4v) is 2.65. The summed E-state index contributed by atoms with van der Waals surface area (Å²) in [5, 5.41) is 0. The lowest BCUT2D eigenvalue weighted by atomic mass is 9.93. The van der Waals surface area contributed by atoms with Crippen molar-refractivity contribution in [3.8, 4) is 0 Å². The Balaban J connectivity index is 2.13. The number of furan rings is 1. The van der Waals surface area contributed by atoms with Gasteiger partial charge in [-0.2, -0.15) is 0 Å². The quantitative estimate of drug-likeness (QED) is 0.854. The first kappa shape index (κ1) is 11.7. The van der Waals surface area contributed by atoms with E-state index in [0.717, 1.165) is 18.2 Å². The van der Waals surface area contributed by atoms with Gasteiger partial charge in [0.05, 0.1) is 12.3 Å². The summed E-state index contributed by atoms with van der Waals surface area (Å²) < 4.78 is 5.50. The van der Waals surface area contributed by atoms with Crippen molar-refractivity contribution in [3.05, 3.63) is 24.2 Å². The van der Waals surface area contributed by atoms with E-state index in [9.17, 15) is 0 Å². The molecule has 3 nitrogen and oxygen atoms in total. The third-order valence-corrected chi connectivity index (χ3v) is 3.66. The molecule has 2 N–H and O–H groups in total. The van der Waals surface area contributed by atoms with E-state index in [0.29, 0.717) is 12.6 Å². The molecule has 3 heteroatoms. The van der Waals surface area contributed by atoms with Gasteiger partial charge in [0.25, 0.3) is 0 Å². The molecule has 0 radical (unpaired) electrons. The van der Waals surface area contributed by atoms with Gasteiger partial charge in [-0.05, 0) is 37.8 Å². The standard InChI is InChI=1S/C13H22N2O/c1-10-5-6-11(2)15(9-10)12(8-14)13-4-3-7-16-13/h3-4,7,10-12H,5-6,8-9,14H2,1-2H3. The number of likely N-dealkylation sites (tertiary alicyclic amines) is 1. The molecule has 2 heterocycles. The molecule has 0 aromatic carbocycles. The molecule has 1 saturated heterocycles. The minimum atomic E-state index is 0.243. The Hall–Kier alpha value is -0.800. The highest BCUT2D eigenvalue weighted by molar-refractivity contribution is 5.06. The van der Waals surface area contributed by atoms with E-state index in [-0.39, 0.29) is 6.04 Å². The molecule has 0 amide bonds. The number of nitrogens with zero attached hydrogens (tertiary/aromatic N) is 1. The zero-order valence-corrected chi connectivity index (χ0v) is 10.2. The van der Waals surface area contributed by atoms with Crippen molar-refractivity contribution >= 4 is 0 Å². The van der Waals surface area contributed by atoms with E-state index < -0.39 is 0 Å². The van der Waals surface area contributed by atoms with E-state index in [1.807, 2.05) is 12.1 Å². The van der Waals surface area contributed by atoms with E-state index in [1.54, 1.807) is 6.26 Å². The maximum Gasteiger partial charge on any atom is 0.122 e. The predicted octanol–water partition coefficient (Wildman–Crippen LogP) is 2.40. The molecule has 0 aliphatic carbocycles. The van der Waals surface area contributed by atoms with Crippen LogP contribution in [0.3, 0.4) is 0 Å². The van der Waals surface area contributed by atoms with Gasteiger partial charge in [-0.1, -0.05) is 6.92 Å². The monoisotopic (exact) mass is 222 g/mol. The summed E-state index contributed by atoms with van der Waals surface area (Å²) in [5.74, 6) is 1.77. The second kappa shape index (κ2) is 5.02. The second-order valence-corrected chi connectivity index (χ2v) is 5.00. The highest BCUT2D eigenvalue weighted by Crippen LogP contribution is 2.30. The van der Waals surface area contributed by atoms with Gasteiger partial charge < -0.3 is 10.2 Å². The summed E-state index contributed by atoms with van der Waals surface area (Å²) in [6.45, 7) is 6.36. The van der Waals surface area contributed by atoms with Gasteiger partial charge in [-0.3, -0.25) is 4.90 Å². The molecule has 1 aliphatic rings. The molecule has 1 fully saturated rings. The highest BCUT2D eigenvalue weighted by Gasteiger charge is 2.30. The van der Waals surface area contributed by atoms with Crippen molar-refractivity contribution in [2.75, 3.05) is 13.1 Å². The highest BCUT2D eigenvalue weighted by atomic mass is 16.3. The molecule has 0 saturated carbocycles. The van der Waals surface area contributed by atoms with Gasteiger partial charge in [0.15, 0.2) is 0 Å². The van der Waals surface area contributed by atoms with Crippen molar-refractivity contribution < 1.29 is 4.42 Å². The van der Waals surface area contributed by atoms with Gasteiger partial charge in [-0.25, -0.2) is 0 Å². The lowest BCUT2D eigenvalue weighted by Crippen LogP contribution is -2.45. The molecule has 1 aromatic rings. The first-order chi connectivity index (χ1) is 7.72. The van der Waals surface area contributed by atoms with Gasteiger partial charge >= 0.3 is 0 Å². The summed E-state index contributed by atoms with van der Waals surface area (Å²) in [6.07, 6.45) is 4.32. The molecular formula is C13H22N2O. The van der Waals surface area contributed by atoms with Crippen molar-refractivity contribution in [2.24, 2.45) is 11.7 Å². The van der Waals surface area contributed by atoms with Crippen LogP contribution in [0.4, 0.5) is 0 Å². The summed E-state index contributed by atoms with van der Waals surface area (Å²) >= 11 is 0. The number of hydrogen-bond acceptors (Lipinski definition) is 3. The van der Waals surface area contributed by atoms with Crippen molar-refractivity contribution in [2.45, 2.75) is 38.8 Å². The predicted molar refractivity (Wildman–Crippen MR) is 65.1 cm³/mol. The van der Waals surface area contributed by atoms with Crippen LogP contribution in [0.25, 0.3) is 0 Å². The maximum absolute atomic E-state index is 5.90. The largest absolute Gasteiger partial charge is 0.468 e. The smallest absolute Gasteiger partial charge is 0.122 e. The van der Waals surface area contributed by atoms with Gasteiger partial charge in [0, 0.05) is 19.1 Å². The van der Waals surface area contributed by atoms with Crippen LogP contribution >= 0.6 is 0 Å². The van der Waals surface area contributed by atoms with Crippen LogP contribution in [0.2, 0.25) is 0 Å². The summed E-state index contributed by atoms with van der Waals surface area (Å²) in [7, 11) is 0. The molecule has 0 bridgehead atoms. The number of nitrogens with two attached hydrogens (primary N) is 1. The molecular weight excluding hydrogens is 200 g/mol. The molecule has 3 atom stereocenters. The lowest BCUT2D eigenvalue weighted by Gasteiger charge is -2.40. The Morgan fingerprint density at radius 2 is 2.31 bits per heavy atom. The van der Waals surface area contributed by atoms with E-state index in [1.165, 1.54) is 12.8 Å². The van der Waals surface area contributed by atoms with E-state index in [4.69, 9.17) is 10.2 Å². The third-order valence-electron chi connectivity index (χ3n) is 3.66. The molecule has 0 spiro atoms. The minimum Gasteiger partial charge on any atom is -0.468 e. The maximum atomic E-state index is 5.90. The van der Waals surface area contributed by atoms with Gasteiger partial charge in [-0.15, -0.1) is 0 Å². The van der Waals surface area contributed by atoms with Crippen LogP contribution in [0, 0.1) is 5.92 Å². The van der Waals surface area contributed by atoms with E-state index in [2.05, 4.69) is 18.7 Å². The Labute approximate surface area is 97.6 Å². The average Bonchev–Trinajstić information content (AvgIpc) is 2.78. The molecule has 16 heavy (non-hydrogen) atoms. The molecule has 1 aliphatic heterocycles. The third kappa shape index (κ3) is 2.30. The zero-order valence-electron chi connectivity index (χ0n) is 10.2. The van der Waals surface area contributed by atoms with Crippen LogP contribution in [-0.2, 0) is 0 Å². The first-order valence-corrected chi connectivity index (χ1v) is 6.21. The summed E-state index contributed by atoms with van der Waals surface area (Å²) in [5.41, 5.74) is 5.90. The van der Waals surface area contributed by atoms with Crippen LogP contribution in [0.5, 0.6) is 0 Å². The minimum absolute atomic E-state index is 0.243. The first-order valence-electron chi connectivity index (χ1n) is 6.21. The van der Waals surface area contributed by atoms with Gasteiger partial charge in [0.2, 0.25) is 0 Å². The molecule has 2 rings (SSSR count). The Kier molecular flexibility index (Phi) is 3.66. The lowest BCUT2D eigenvalue weighted by molar-refractivity contribution is 0.0695. The Morgan fingerprint density at radius 1 is 1.50 bits per heavy atom. The average molecular weight is 222 g/mol. The number of rotatable bonds is 3. The summed E-state index contributed by atoms with van der Waals surface area (Å²) in [6, 6.07) is 4.82. The van der Waals surface area contributed by atoms with Crippen molar-refractivity contribution in [1.29, 1.82) is 0 Å². The van der Waals surface area contributed by atoms with Gasteiger partial charge in [0.1, 0.15) is 5.76 Å². The fraction of sp³-hybridized carbons (Fsp3) is 0.692. The molecule has 3 unspecified atom stereocenters. The zero-order chi connectivity index (χ0) is 11.5. The van der Waals surface area contributed by atoms with Crippen molar-refractivity contribution in [1.82, 2.24) is 4.90 Å². The topological polar surface area (TPSA) is 42.4 Å². The van der Waals surface area contributed by atoms with Crippen LogP contribution in [-0.4, -0.2) is 24.0 Å². The van der Waals surface area contributed by atoms with E-state index >= 15 is 0 Å². The molecule has 1 aromatic heterocycles. The number of piperidine rings is 1. The van der Waals surface area contributed by atoms with Crippen LogP contribution in [0.1, 0.15) is 38.5 Å². The molecule has 90 valence electrons.